The van der Waals surface area contributed by atoms with Crippen LogP contribution >= 0.6 is 0 Å². The lowest BCUT2D eigenvalue weighted by atomic mass is 9.99. The molecule has 0 fully saturated rings. The number of hydrogen-bond acceptors (Lipinski definition) is 3. The van der Waals surface area contributed by atoms with E-state index in [0.717, 1.165) is 67.6 Å². The van der Waals surface area contributed by atoms with E-state index in [9.17, 15) is 30.7 Å². The number of unbranched alkanes of at least 4 members (excludes halogenated alkanes) is 2. The van der Waals surface area contributed by atoms with E-state index in [1.807, 2.05) is 12.4 Å². The van der Waals surface area contributed by atoms with Crippen molar-refractivity contribution in [1.82, 2.24) is 9.97 Å². The Hall–Kier alpha value is -5.06. The third kappa shape index (κ3) is 8.70. The Labute approximate surface area is 277 Å². The first-order valence-electron chi connectivity index (χ1n) is 15.5. The van der Waals surface area contributed by atoms with Crippen molar-refractivity contribution in [2.24, 2.45) is 0 Å². The molecule has 0 spiro atoms. The first-order valence-corrected chi connectivity index (χ1v) is 15.5. The van der Waals surface area contributed by atoms with Gasteiger partial charge in [0.05, 0.1) is 5.56 Å². The molecular formula is C38H30F8N2O. The van der Waals surface area contributed by atoms with Gasteiger partial charge in [0, 0.05) is 36.0 Å². The molecule has 5 aromatic rings. The summed E-state index contributed by atoms with van der Waals surface area (Å²) in [4.78, 5) is 8.73. The molecule has 254 valence electrons. The topological polar surface area (TPSA) is 35.0 Å². The average molecular weight is 683 g/mol. The van der Waals surface area contributed by atoms with E-state index in [0.29, 0.717) is 42.4 Å². The van der Waals surface area contributed by atoms with Gasteiger partial charge in [0.2, 0.25) is 0 Å². The second kappa shape index (κ2) is 15.4. The number of aryl methyl sites for hydroxylation is 2. The highest BCUT2D eigenvalue weighted by atomic mass is 19.3. The van der Waals surface area contributed by atoms with Gasteiger partial charge in [-0.05, 0) is 84.0 Å². The van der Waals surface area contributed by atoms with Crippen molar-refractivity contribution in [3.63, 3.8) is 0 Å². The Morgan fingerprint density at radius 3 is 1.98 bits per heavy atom. The molecule has 0 aliphatic heterocycles. The van der Waals surface area contributed by atoms with Crippen LogP contribution in [0.15, 0.2) is 85.2 Å². The number of nitrogens with zero attached hydrogens (tertiary/aromatic N) is 2. The smallest absolute Gasteiger partial charge is 0.429 e. The van der Waals surface area contributed by atoms with Gasteiger partial charge < -0.3 is 4.74 Å². The molecule has 11 heteroatoms. The number of ether oxygens (including phenoxy) is 1. The Bertz CT molecular complexity index is 1940. The van der Waals surface area contributed by atoms with E-state index in [4.69, 9.17) is 0 Å². The van der Waals surface area contributed by atoms with Gasteiger partial charge in [-0.25, -0.2) is 36.3 Å². The number of allylic oxidation sites excluding steroid dienone is 1. The van der Waals surface area contributed by atoms with Crippen LogP contribution < -0.4 is 4.74 Å². The molecule has 0 amide bonds. The third-order valence-corrected chi connectivity index (χ3v) is 7.74. The highest BCUT2D eigenvalue weighted by molar-refractivity contribution is 5.72. The van der Waals surface area contributed by atoms with Crippen LogP contribution in [0.25, 0.3) is 28.3 Å². The normalized spacial score (nSPS) is 11.8. The highest BCUT2D eigenvalue weighted by Gasteiger charge is 2.38. The second-order valence-corrected chi connectivity index (χ2v) is 11.4. The Morgan fingerprint density at radius 1 is 0.673 bits per heavy atom. The van der Waals surface area contributed by atoms with E-state index >= 15 is 4.39 Å². The maximum Gasteiger partial charge on any atom is 0.429 e. The van der Waals surface area contributed by atoms with Crippen LogP contribution in [0.1, 0.15) is 55.1 Å². The van der Waals surface area contributed by atoms with Crippen LogP contribution in [-0.2, 0) is 19.0 Å². The summed E-state index contributed by atoms with van der Waals surface area (Å²) in [6.07, 6.45) is 8.19. The first-order chi connectivity index (χ1) is 23.4. The molecule has 0 saturated heterocycles. The molecule has 0 N–H and O–H groups in total. The predicted octanol–water partition coefficient (Wildman–Crippen LogP) is 11.2. The lowest BCUT2D eigenvalue weighted by Gasteiger charge is -2.19. The first kappa shape index (κ1) is 35.3. The average Bonchev–Trinajstić information content (AvgIpc) is 3.06. The van der Waals surface area contributed by atoms with Crippen molar-refractivity contribution in [3.05, 3.63) is 143 Å². The van der Waals surface area contributed by atoms with Gasteiger partial charge in [-0.3, -0.25) is 0 Å². The zero-order valence-corrected chi connectivity index (χ0v) is 26.2. The number of aromatic nitrogens is 2. The molecule has 0 bridgehead atoms. The third-order valence-electron chi connectivity index (χ3n) is 7.74. The summed E-state index contributed by atoms with van der Waals surface area (Å²) < 4.78 is 120. The largest absolute Gasteiger partial charge is 0.429 e. The molecule has 0 unspecified atom stereocenters. The number of halogens is 8. The van der Waals surface area contributed by atoms with Gasteiger partial charge in [-0.2, -0.15) is 8.78 Å². The molecule has 0 saturated carbocycles. The molecular weight excluding hydrogens is 652 g/mol. The van der Waals surface area contributed by atoms with Gasteiger partial charge >= 0.3 is 6.11 Å². The molecule has 5 rings (SSSR count). The number of rotatable bonds is 13. The van der Waals surface area contributed by atoms with Gasteiger partial charge in [-0.15, -0.1) is 0 Å². The summed E-state index contributed by atoms with van der Waals surface area (Å²) in [5.74, 6) is -7.99. The Morgan fingerprint density at radius 2 is 1.33 bits per heavy atom. The van der Waals surface area contributed by atoms with Gasteiger partial charge in [-0.1, -0.05) is 50.1 Å². The molecule has 1 aromatic heterocycles. The number of alkyl halides is 2. The van der Waals surface area contributed by atoms with E-state index in [1.54, 1.807) is 12.2 Å². The van der Waals surface area contributed by atoms with Crippen molar-refractivity contribution < 1.29 is 39.9 Å². The summed E-state index contributed by atoms with van der Waals surface area (Å²) in [6.45, 7) is 2.14. The monoisotopic (exact) mass is 682 g/mol. The zero-order valence-electron chi connectivity index (χ0n) is 26.2. The fraction of sp³-hybridized carbons (Fsp3) is 0.211. The number of hydrogen-bond donors (Lipinski definition) is 0. The van der Waals surface area contributed by atoms with Gasteiger partial charge in [0.15, 0.2) is 17.5 Å². The summed E-state index contributed by atoms with van der Waals surface area (Å²) in [5.41, 5.74) is -0.439. The molecule has 49 heavy (non-hydrogen) atoms. The molecule has 0 radical (unpaired) electrons. The van der Waals surface area contributed by atoms with Gasteiger partial charge in [0.1, 0.15) is 29.0 Å². The standard InChI is InChI=1S/C38H30F8N2O/c1-2-3-4-8-24-21-47-36(48-22-24)9-6-5-7-23-10-15-30(33(41)16-23)38(45,46)49-27-12-14-28(32(40)20-27)25-11-13-29(31(39)17-25)26-18-34(42)37(44)35(43)19-26/h5,7,10-22H,2-4,6,8-9H2,1H3/b7-5+. The van der Waals surface area contributed by atoms with Crippen LogP contribution in [0, 0.1) is 34.9 Å². The fourth-order valence-corrected chi connectivity index (χ4v) is 5.15. The molecule has 1 heterocycles. The van der Waals surface area contributed by atoms with E-state index in [2.05, 4.69) is 21.6 Å². The van der Waals surface area contributed by atoms with Crippen LogP contribution in [0.4, 0.5) is 35.1 Å². The maximum atomic E-state index is 15.0. The van der Waals surface area contributed by atoms with Crippen molar-refractivity contribution >= 4 is 6.08 Å². The summed E-state index contributed by atoms with van der Waals surface area (Å²) in [6, 6.07) is 10.2. The van der Waals surface area contributed by atoms with Crippen molar-refractivity contribution in [2.75, 3.05) is 0 Å². The molecule has 4 aromatic carbocycles. The maximum absolute atomic E-state index is 15.0. The Kier molecular flexibility index (Phi) is 11.1. The summed E-state index contributed by atoms with van der Waals surface area (Å²) in [5, 5.41) is 0. The van der Waals surface area contributed by atoms with Crippen molar-refractivity contribution in [3.8, 4) is 28.0 Å². The number of benzene rings is 4. The van der Waals surface area contributed by atoms with E-state index in [-0.39, 0.29) is 22.3 Å². The van der Waals surface area contributed by atoms with E-state index in [1.165, 1.54) is 12.1 Å². The Balaban J connectivity index is 1.21. The summed E-state index contributed by atoms with van der Waals surface area (Å²) in [7, 11) is 0. The predicted molar refractivity (Wildman–Crippen MR) is 171 cm³/mol. The molecule has 0 atom stereocenters. The lowest BCUT2D eigenvalue weighted by Crippen LogP contribution is -2.23. The minimum Gasteiger partial charge on any atom is -0.429 e. The highest BCUT2D eigenvalue weighted by Crippen LogP contribution is 2.36. The van der Waals surface area contributed by atoms with Gasteiger partial charge in [0.25, 0.3) is 0 Å². The SMILES string of the molecule is CCCCCc1cnc(CC/C=C/c2ccc(C(F)(F)Oc3ccc(-c4ccc(-c5cc(F)c(F)c(F)c5)c(F)c4)c(F)c3)c(F)c2)nc1. The minimum absolute atomic E-state index is 0.0296. The summed E-state index contributed by atoms with van der Waals surface area (Å²) >= 11 is 0. The second-order valence-electron chi connectivity index (χ2n) is 11.4. The van der Waals surface area contributed by atoms with Crippen LogP contribution in [0.5, 0.6) is 5.75 Å². The van der Waals surface area contributed by atoms with Crippen LogP contribution in [0.2, 0.25) is 0 Å². The molecule has 0 aliphatic carbocycles. The van der Waals surface area contributed by atoms with Crippen molar-refractivity contribution in [1.29, 1.82) is 0 Å². The molecule has 0 aliphatic rings. The van der Waals surface area contributed by atoms with E-state index < -0.39 is 52.3 Å². The van der Waals surface area contributed by atoms with Crippen molar-refractivity contribution in [2.45, 2.75) is 51.6 Å². The van der Waals surface area contributed by atoms with Crippen LogP contribution in [-0.4, -0.2) is 9.97 Å². The zero-order chi connectivity index (χ0) is 35.1. The lowest BCUT2D eigenvalue weighted by molar-refractivity contribution is -0.187. The van der Waals surface area contributed by atoms with Crippen LogP contribution in [0.3, 0.4) is 0 Å². The molecule has 3 nitrogen and oxygen atoms in total. The minimum atomic E-state index is -4.17. The fourth-order valence-electron chi connectivity index (χ4n) is 5.15. The quantitative estimate of drug-likeness (QED) is 0.0704.